The molecule has 0 saturated carbocycles. The second kappa shape index (κ2) is 5.61. The molecule has 0 heteroatoms. The largest absolute Gasteiger partial charge is 0.0617 e. The predicted octanol–water partition coefficient (Wildman–Crippen LogP) is 5.71. The van der Waals surface area contributed by atoms with E-state index in [-0.39, 0.29) is 0 Å². The maximum absolute atomic E-state index is 3.33. The van der Waals surface area contributed by atoms with Gasteiger partial charge in [-0.15, -0.1) is 0 Å². The van der Waals surface area contributed by atoms with E-state index in [1.807, 2.05) is 6.07 Å². The maximum atomic E-state index is 3.33. The molecule has 0 spiro atoms. The van der Waals surface area contributed by atoms with Crippen molar-refractivity contribution in [1.29, 1.82) is 0 Å². The molecule has 0 unspecified atom stereocenters. The van der Waals surface area contributed by atoms with Crippen molar-refractivity contribution in [3.63, 3.8) is 0 Å². The highest BCUT2D eigenvalue weighted by Gasteiger charge is 2.16. The molecule has 0 saturated heterocycles. The highest BCUT2D eigenvalue weighted by molar-refractivity contribution is 5.74. The van der Waals surface area contributed by atoms with E-state index >= 15 is 0 Å². The second-order valence-corrected chi connectivity index (χ2v) is 5.83. The molecular weight excluding hydrogens is 228 g/mol. The zero-order valence-electron chi connectivity index (χ0n) is 12.6. The van der Waals surface area contributed by atoms with Crippen molar-refractivity contribution in [2.24, 2.45) is 0 Å². The van der Waals surface area contributed by atoms with Crippen LogP contribution in [0, 0.1) is 13.0 Å². The Hall–Kier alpha value is -1.56. The molecule has 0 fully saturated rings. The van der Waals surface area contributed by atoms with Gasteiger partial charge in [-0.25, -0.2) is 0 Å². The number of aryl methyl sites for hydroxylation is 1. The third-order valence-corrected chi connectivity index (χ3v) is 3.71. The van der Waals surface area contributed by atoms with Gasteiger partial charge in [0.25, 0.3) is 0 Å². The van der Waals surface area contributed by atoms with Crippen LogP contribution in [0.25, 0.3) is 11.1 Å². The van der Waals surface area contributed by atoms with Crippen LogP contribution in [0.2, 0.25) is 0 Å². The van der Waals surface area contributed by atoms with Gasteiger partial charge in [-0.2, -0.15) is 0 Å². The Labute approximate surface area is 117 Å². The van der Waals surface area contributed by atoms with Crippen molar-refractivity contribution in [3.05, 3.63) is 59.2 Å². The molecule has 19 heavy (non-hydrogen) atoms. The number of hydrogen-bond acceptors (Lipinski definition) is 0. The Morgan fingerprint density at radius 3 is 1.89 bits per heavy atom. The summed E-state index contributed by atoms with van der Waals surface area (Å²) in [5, 5.41) is 0. The predicted molar refractivity (Wildman–Crippen MR) is 83.6 cm³/mol. The summed E-state index contributed by atoms with van der Waals surface area (Å²) in [5.74, 6) is 1.07. The van der Waals surface area contributed by atoms with Gasteiger partial charge in [0.2, 0.25) is 0 Å². The van der Waals surface area contributed by atoms with E-state index in [0.717, 1.165) is 0 Å². The van der Waals surface area contributed by atoms with E-state index in [4.69, 9.17) is 0 Å². The van der Waals surface area contributed by atoms with Gasteiger partial charge in [0.15, 0.2) is 0 Å². The minimum absolute atomic E-state index is 0.535. The lowest BCUT2D eigenvalue weighted by Crippen LogP contribution is -2.00. The van der Waals surface area contributed by atoms with Crippen LogP contribution >= 0.6 is 0 Å². The summed E-state index contributed by atoms with van der Waals surface area (Å²) in [4.78, 5) is 0. The monoisotopic (exact) mass is 251 g/mol. The molecule has 0 bridgehead atoms. The van der Waals surface area contributed by atoms with Crippen LogP contribution in [0.5, 0.6) is 0 Å². The van der Waals surface area contributed by atoms with Crippen LogP contribution in [-0.4, -0.2) is 0 Å². The molecule has 2 rings (SSSR count). The summed E-state index contributed by atoms with van der Waals surface area (Å²) in [5.41, 5.74) is 6.86. The van der Waals surface area contributed by atoms with Gasteiger partial charge in [0, 0.05) is 0 Å². The van der Waals surface area contributed by atoms with Gasteiger partial charge in [0.1, 0.15) is 0 Å². The molecule has 0 amide bonds. The van der Waals surface area contributed by atoms with Crippen molar-refractivity contribution >= 4 is 0 Å². The zero-order chi connectivity index (χ0) is 14.0. The molecule has 0 atom stereocenters. The molecule has 0 N–H and O–H groups in total. The normalized spacial score (nSPS) is 11.3. The molecule has 99 valence electrons. The Balaban J connectivity index is 2.76. The topological polar surface area (TPSA) is 0 Å². The summed E-state index contributed by atoms with van der Waals surface area (Å²) in [6.45, 7) is 11.2. The van der Waals surface area contributed by atoms with Crippen molar-refractivity contribution in [2.75, 3.05) is 0 Å². The molecule has 2 aromatic carbocycles. The van der Waals surface area contributed by atoms with Crippen molar-refractivity contribution in [3.8, 4) is 11.1 Å². The first-order chi connectivity index (χ1) is 9.02. The standard InChI is InChI=1S/C19H23/c1-13(2)16-11-8-12-17(14(3)4)19(16)18-10-7-6-9-15(18)5/h6-8,10-14H,1-5H3. The first-order valence-electron chi connectivity index (χ1n) is 7.12. The Morgan fingerprint density at radius 1 is 0.842 bits per heavy atom. The lowest BCUT2D eigenvalue weighted by Gasteiger charge is -2.21. The third-order valence-electron chi connectivity index (χ3n) is 3.71. The summed E-state index contributed by atoms with van der Waals surface area (Å²) in [7, 11) is 0. The second-order valence-electron chi connectivity index (χ2n) is 5.83. The summed E-state index contributed by atoms with van der Waals surface area (Å²) in [6.07, 6.45) is 0. The van der Waals surface area contributed by atoms with E-state index in [1.165, 1.54) is 27.8 Å². The minimum atomic E-state index is 0.535. The van der Waals surface area contributed by atoms with Crippen LogP contribution in [0.3, 0.4) is 0 Å². The van der Waals surface area contributed by atoms with E-state index in [0.29, 0.717) is 11.8 Å². The van der Waals surface area contributed by atoms with E-state index in [9.17, 15) is 0 Å². The average molecular weight is 251 g/mol. The summed E-state index contributed by atoms with van der Waals surface area (Å²) < 4.78 is 0. The molecule has 2 aromatic rings. The smallest absolute Gasteiger partial charge is 0.0112 e. The fraction of sp³-hybridized carbons (Fsp3) is 0.368. The molecular formula is C19H23. The van der Waals surface area contributed by atoms with E-state index in [1.54, 1.807) is 0 Å². The van der Waals surface area contributed by atoms with E-state index in [2.05, 4.69) is 71.0 Å². The van der Waals surface area contributed by atoms with Gasteiger partial charge < -0.3 is 0 Å². The fourth-order valence-corrected chi connectivity index (χ4v) is 2.65. The first-order valence-corrected chi connectivity index (χ1v) is 7.12. The molecule has 0 heterocycles. The number of rotatable bonds is 3. The van der Waals surface area contributed by atoms with Crippen molar-refractivity contribution < 1.29 is 0 Å². The Bertz CT molecular complexity index is 536. The molecule has 0 aliphatic rings. The van der Waals surface area contributed by atoms with Gasteiger partial charge in [0.05, 0.1) is 0 Å². The summed E-state index contributed by atoms with van der Waals surface area (Å²) in [6, 6.07) is 16.3. The minimum Gasteiger partial charge on any atom is -0.0617 e. The van der Waals surface area contributed by atoms with Gasteiger partial charge >= 0.3 is 0 Å². The van der Waals surface area contributed by atoms with Crippen molar-refractivity contribution in [2.45, 2.75) is 46.5 Å². The molecule has 1 radical (unpaired) electrons. The fourth-order valence-electron chi connectivity index (χ4n) is 2.65. The SMILES string of the molecule is Cc1[c]cccc1-c1c(C(C)C)cccc1C(C)C. The molecule has 0 nitrogen and oxygen atoms in total. The van der Waals surface area contributed by atoms with Gasteiger partial charge in [-0.3, -0.25) is 0 Å². The summed E-state index contributed by atoms with van der Waals surface area (Å²) >= 11 is 0. The lowest BCUT2D eigenvalue weighted by atomic mass is 9.84. The Morgan fingerprint density at radius 2 is 1.42 bits per heavy atom. The van der Waals surface area contributed by atoms with Gasteiger partial charge in [-0.05, 0) is 52.6 Å². The average Bonchev–Trinajstić information content (AvgIpc) is 2.38. The van der Waals surface area contributed by atoms with Crippen LogP contribution in [-0.2, 0) is 0 Å². The van der Waals surface area contributed by atoms with Gasteiger partial charge in [-0.1, -0.05) is 64.1 Å². The number of hydrogen-bond donors (Lipinski definition) is 0. The molecule has 0 aliphatic carbocycles. The Kier molecular flexibility index (Phi) is 4.09. The number of benzene rings is 2. The third kappa shape index (κ3) is 2.73. The van der Waals surface area contributed by atoms with E-state index < -0.39 is 0 Å². The molecule has 0 aromatic heterocycles. The van der Waals surface area contributed by atoms with Crippen LogP contribution < -0.4 is 0 Å². The highest BCUT2D eigenvalue weighted by Crippen LogP contribution is 2.37. The zero-order valence-corrected chi connectivity index (χ0v) is 12.6. The van der Waals surface area contributed by atoms with Crippen LogP contribution in [0.1, 0.15) is 56.2 Å². The first kappa shape index (κ1) is 13.9. The lowest BCUT2D eigenvalue weighted by molar-refractivity contribution is 0.838. The maximum Gasteiger partial charge on any atom is -0.0112 e. The molecule has 0 aliphatic heterocycles. The van der Waals surface area contributed by atoms with Crippen LogP contribution in [0.4, 0.5) is 0 Å². The highest BCUT2D eigenvalue weighted by atomic mass is 14.2. The van der Waals surface area contributed by atoms with Crippen LogP contribution in [0.15, 0.2) is 36.4 Å². The van der Waals surface area contributed by atoms with Crippen molar-refractivity contribution in [1.82, 2.24) is 0 Å². The quantitative estimate of drug-likeness (QED) is 0.655.